The molecule has 5 aromatic heterocycles. The molecule has 0 fully saturated rings. The van der Waals surface area contributed by atoms with Crippen molar-refractivity contribution in [3.05, 3.63) is 126 Å². The van der Waals surface area contributed by atoms with Gasteiger partial charge in [0.15, 0.2) is 0 Å². The molecule has 5 heterocycles. The molecule has 7 nitrogen and oxygen atoms in total. The maximum atomic E-state index is 10.7. The van der Waals surface area contributed by atoms with Crippen LogP contribution in [0.1, 0.15) is 172 Å². The number of hydrogen-bond acceptors (Lipinski definition) is 5. The number of pyridine rings is 3. The lowest BCUT2D eigenvalue weighted by Gasteiger charge is -2.01. The van der Waals surface area contributed by atoms with Gasteiger partial charge < -0.3 is 4.98 Å². The normalized spacial score (nSPS) is 7.80. The average Bonchev–Trinajstić information content (AvgIpc) is 3.67. The summed E-state index contributed by atoms with van der Waals surface area (Å²) < 4.78 is 1.83. The Labute approximate surface area is 344 Å². The van der Waals surface area contributed by atoms with Gasteiger partial charge in [-0.3, -0.25) is 9.78 Å². The second-order valence-corrected chi connectivity index (χ2v) is 11.7. The van der Waals surface area contributed by atoms with Crippen LogP contribution in [0.3, 0.4) is 0 Å². The van der Waals surface area contributed by atoms with E-state index in [0.29, 0.717) is 5.92 Å². The molecule has 0 aliphatic rings. The summed E-state index contributed by atoms with van der Waals surface area (Å²) in [6.07, 6.45) is 13.8. The van der Waals surface area contributed by atoms with Gasteiger partial charge in [-0.05, 0) is 71.7 Å². The van der Waals surface area contributed by atoms with E-state index >= 15 is 0 Å². The highest BCUT2D eigenvalue weighted by Crippen LogP contribution is 2.09. The Morgan fingerprint density at radius 3 is 1.18 bits per heavy atom. The van der Waals surface area contributed by atoms with Crippen molar-refractivity contribution in [2.75, 3.05) is 0 Å². The first-order valence-corrected chi connectivity index (χ1v) is 20.0. The summed E-state index contributed by atoms with van der Waals surface area (Å²) in [6.45, 7) is 43.6. The molecule has 0 aliphatic carbocycles. The Bertz CT molecular complexity index is 1150. The predicted molar refractivity (Wildman–Crippen MR) is 254 cm³/mol. The Hall–Kier alpha value is -4.13. The van der Waals surface area contributed by atoms with Crippen molar-refractivity contribution in [3.63, 3.8) is 0 Å². The van der Waals surface area contributed by atoms with Crippen LogP contribution in [-0.2, 0) is 0 Å². The fraction of sp³-hybridized carbons (Fsp3) is 0.562. The van der Waals surface area contributed by atoms with Crippen LogP contribution in [0.25, 0.3) is 5.52 Å². The van der Waals surface area contributed by atoms with Crippen molar-refractivity contribution < 1.29 is 0 Å². The summed E-state index contributed by atoms with van der Waals surface area (Å²) in [5, 5.41) is 4.04. The van der Waals surface area contributed by atoms with Gasteiger partial charge >= 0.3 is 0 Å². The minimum absolute atomic E-state index is 0. The molecule has 0 aromatic carbocycles. The van der Waals surface area contributed by atoms with Crippen LogP contribution < -0.4 is 5.56 Å². The smallest absolute Gasteiger partial charge is 0.248 e. The molecule has 1 N–H and O–H groups in total. The second-order valence-electron chi connectivity index (χ2n) is 11.7. The largest absolute Gasteiger partial charge is 0.329 e. The lowest BCUT2D eigenvalue weighted by Crippen LogP contribution is -2.04. The van der Waals surface area contributed by atoms with E-state index in [-0.39, 0.29) is 20.4 Å². The zero-order valence-corrected chi connectivity index (χ0v) is 38.3. The van der Waals surface area contributed by atoms with E-state index in [1.165, 1.54) is 6.33 Å². The maximum absolute atomic E-state index is 10.7. The number of rotatable bonds is 1. The molecule has 0 aliphatic heterocycles. The number of aromatic nitrogens is 6. The fourth-order valence-corrected chi connectivity index (χ4v) is 2.25. The van der Waals surface area contributed by atoms with Crippen molar-refractivity contribution >= 4 is 5.52 Å². The molecule has 0 radical (unpaired) electrons. The maximum Gasteiger partial charge on any atom is 0.248 e. The zero-order chi connectivity index (χ0) is 42.9. The highest BCUT2D eigenvalue weighted by atomic mass is 16.1. The Kier molecular flexibility index (Phi) is 85.0. The van der Waals surface area contributed by atoms with Gasteiger partial charge in [0.1, 0.15) is 6.33 Å². The first kappa shape index (κ1) is 72.2. The van der Waals surface area contributed by atoms with E-state index in [1.54, 1.807) is 49.3 Å². The van der Waals surface area contributed by atoms with Gasteiger partial charge in [-0.1, -0.05) is 172 Å². The number of H-pyrrole nitrogens is 1. The zero-order valence-electron chi connectivity index (χ0n) is 38.3. The van der Waals surface area contributed by atoms with Crippen LogP contribution in [0.5, 0.6) is 0 Å². The minimum Gasteiger partial charge on any atom is -0.329 e. The van der Waals surface area contributed by atoms with E-state index in [4.69, 9.17) is 0 Å². The molecule has 0 saturated heterocycles. The standard InChI is InChI=1S/C8H11NO.C7H6N2.C5H5N.C4H4N2.3C4H10.5C2H6.2CH4/c1-6(2)7-3-4-9-8(10)5-7;1-2-6-9-7(3-1)4-5-8-9;1-2-4-6-5-3-1;1-2-5-4-6-3-1;3*1-4(2)3;5*1-2;;/h3-6H,1-2H3,(H,9,10);1-6H;1-5H;1-4H;3*4H,1-3H3;5*1-2H3;2*1H4. The number of nitrogens with zero attached hydrogens (tertiary/aromatic N) is 5. The van der Waals surface area contributed by atoms with Crippen molar-refractivity contribution in [2.45, 2.75) is 166 Å². The van der Waals surface area contributed by atoms with Crippen LogP contribution in [0.2, 0.25) is 0 Å². The van der Waals surface area contributed by atoms with Crippen molar-refractivity contribution in [1.82, 2.24) is 29.5 Å². The van der Waals surface area contributed by atoms with Gasteiger partial charge in [-0.2, -0.15) is 5.10 Å². The van der Waals surface area contributed by atoms with Crippen LogP contribution in [0, 0.1) is 17.8 Å². The highest BCUT2D eigenvalue weighted by Gasteiger charge is 1.96. The van der Waals surface area contributed by atoms with Crippen molar-refractivity contribution in [1.29, 1.82) is 0 Å². The summed E-state index contributed by atoms with van der Waals surface area (Å²) in [4.78, 5) is 24.4. The summed E-state index contributed by atoms with van der Waals surface area (Å²) in [7, 11) is 0. The van der Waals surface area contributed by atoms with E-state index in [9.17, 15) is 4.79 Å². The van der Waals surface area contributed by atoms with E-state index < -0.39 is 0 Å². The average molecular weight is 771 g/mol. The SMILES string of the molecule is C.C.CC.CC.CC.CC.CC.CC(C)C.CC(C)C.CC(C)C.CC(C)c1cc[nH]c(=O)c1.c1ccn2nccc2c1.c1ccncc1.c1cncnc1. The van der Waals surface area contributed by atoms with Gasteiger partial charge in [-0.25, -0.2) is 14.5 Å². The van der Waals surface area contributed by atoms with Crippen LogP contribution in [0.4, 0.5) is 0 Å². The van der Waals surface area contributed by atoms with Gasteiger partial charge in [0.25, 0.3) is 0 Å². The molecular weight excluding hydrogens is 677 g/mol. The van der Waals surface area contributed by atoms with Crippen LogP contribution in [0.15, 0.2) is 115 Å². The number of fused-ring (bicyclic) bond motifs is 1. The van der Waals surface area contributed by atoms with Gasteiger partial charge in [0, 0.05) is 49.4 Å². The Morgan fingerprint density at radius 1 is 0.509 bits per heavy atom. The molecule has 0 saturated carbocycles. The molecule has 0 spiro atoms. The summed E-state index contributed by atoms with van der Waals surface area (Å²) in [5.41, 5.74) is 2.20. The first-order valence-electron chi connectivity index (χ1n) is 20.0. The van der Waals surface area contributed by atoms with Gasteiger partial charge in [0.2, 0.25) is 5.56 Å². The highest BCUT2D eigenvalue weighted by molar-refractivity contribution is 5.44. The first-order chi connectivity index (χ1) is 25.4. The van der Waals surface area contributed by atoms with Gasteiger partial charge in [-0.15, -0.1) is 0 Å². The fourth-order valence-electron chi connectivity index (χ4n) is 2.25. The minimum atomic E-state index is -0.0220. The van der Waals surface area contributed by atoms with E-state index in [0.717, 1.165) is 28.8 Å². The third kappa shape index (κ3) is 75.6. The topological polar surface area (TPSA) is 88.8 Å². The van der Waals surface area contributed by atoms with Crippen molar-refractivity contribution in [3.8, 4) is 0 Å². The molecule has 0 atom stereocenters. The molecule has 322 valence electrons. The Morgan fingerprint density at radius 2 is 0.927 bits per heavy atom. The number of nitrogens with one attached hydrogen (secondary N) is 1. The quantitative estimate of drug-likeness (QED) is 0.183. The molecule has 0 amide bonds. The molecule has 7 heteroatoms. The van der Waals surface area contributed by atoms with Crippen LogP contribution in [-0.4, -0.2) is 29.5 Å². The third-order valence-electron chi connectivity index (χ3n) is 3.82. The number of hydrogen-bond donors (Lipinski definition) is 1. The van der Waals surface area contributed by atoms with Crippen molar-refractivity contribution in [2.24, 2.45) is 17.8 Å². The lowest BCUT2D eigenvalue weighted by molar-refractivity contribution is 0.736. The third-order valence-corrected chi connectivity index (χ3v) is 3.82. The van der Waals surface area contributed by atoms with Crippen LogP contribution >= 0.6 is 0 Å². The monoisotopic (exact) mass is 771 g/mol. The molecule has 5 aromatic rings. The number of aromatic amines is 1. The second kappa shape index (κ2) is 64.8. The molecule has 55 heavy (non-hydrogen) atoms. The van der Waals surface area contributed by atoms with E-state index in [1.807, 2.05) is 128 Å². The predicted octanol–water partition coefficient (Wildman–Crippen LogP) is 15.8. The molecular formula is C48H94N6O. The lowest BCUT2D eigenvalue weighted by atomic mass is 10.1. The Balaban J connectivity index is -0.0000000628. The molecule has 0 bridgehead atoms. The summed E-state index contributed by atoms with van der Waals surface area (Å²) in [6, 6.07) is 19.0. The molecule has 5 rings (SSSR count). The summed E-state index contributed by atoms with van der Waals surface area (Å²) >= 11 is 0. The van der Waals surface area contributed by atoms with E-state index in [2.05, 4.69) is 101 Å². The van der Waals surface area contributed by atoms with Gasteiger partial charge in [0.05, 0.1) is 5.52 Å². The summed E-state index contributed by atoms with van der Waals surface area (Å²) in [5.74, 6) is 2.93. The molecule has 0 unspecified atom stereocenters.